The summed E-state index contributed by atoms with van der Waals surface area (Å²) in [5.41, 5.74) is 7.99. The molecule has 1 heterocycles. The second-order valence-corrected chi connectivity index (χ2v) is 4.74. The molecule has 106 valence electrons. The Labute approximate surface area is 115 Å². The van der Waals surface area contributed by atoms with E-state index in [9.17, 15) is 0 Å². The molecule has 0 unspecified atom stereocenters. The van der Waals surface area contributed by atoms with Gasteiger partial charge in [-0.1, -0.05) is 13.0 Å². The van der Waals surface area contributed by atoms with Gasteiger partial charge in [0.25, 0.3) is 0 Å². The smallest absolute Gasteiger partial charge is 0.124 e. The molecule has 19 heavy (non-hydrogen) atoms. The maximum Gasteiger partial charge on any atom is 0.124 e. The van der Waals surface area contributed by atoms with Crippen molar-refractivity contribution in [2.75, 3.05) is 44.4 Å². The van der Waals surface area contributed by atoms with Gasteiger partial charge in [0.2, 0.25) is 0 Å². The maximum absolute atomic E-state index is 5.86. The van der Waals surface area contributed by atoms with E-state index in [2.05, 4.69) is 30.0 Å². The molecule has 1 aliphatic heterocycles. The summed E-state index contributed by atoms with van der Waals surface area (Å²) in [5.74, 6) is 1.000. The number of hydrogen-bond acceptors (Lipinski definition) is 4. The molecule has 1 saturated heterocycles. The van der Waals surface area contributed by atoms with Gasteiger partial charge < -0.3 is 20.1 Å². The Balaban J connectivity index is 2.09. The van der Waals surface area contributed by atoms with Gasteiger partial charge in [-0.2, -0.15) is 0 Å². The monoisotopic (exact) mass is 264 g/mol. The third-order valence-corrected chi connectivity index (χ3v) is 3.41. The lowest BCUT2D eigenvalue weighted by atomic mass is 10.1. The first-order chi connectivity index (χ1) is 9.35. The van der Waals surface area contributed by atoms with Gasteiger partial charge >= 0.3 is 0 Å². The van der Waals surface area contributed by atoms with Crippen molar-refractivity contribution in [3.8, 4) is 5.75 Å². The molecular formula is C15H24N2O2. The summed E-state index contributed by atoms with van der Waals surface area (Å²) >= 11 is 0. The largest absolute Gasteiger partial charge is 0.493 e. The van der Waals surface area contributed by atoms with Gasteiger partial charge in [-0.25, -0.2) is 0 Å². The number of anilines is 1. The topological polar surface area (TPSA) is 47.7 Å². The van der Waals surface area contributed by atoms with E-state index in [4.69, 9.17) is 15.2 Å². The van der Waals surface area contributed by atoms with Gasteiger partial charge in [-0.15, -0.1) is 0 Å². The SMILES string of the molecule is CCc1ccc(N2CCOCC2)cc1OCCCN. The third kappa shape index (κ3) is 3.85. The molecule has 0 radical (unpaired) electrons. The van der Waals surface area contributed by atoms with E-state index >= 15 is 0 Å². The van der Waals surface area contributed by atoms with Crippen molar-refractivity contribution in [3.05, 3.63) is 23.8 Å². The Morgan fingerprint density at radius 2 is 2.11 bits per heavy atom. The van der Waals surface area contributed by atoms with Gasteiger partial charge in [0.15, 0.2) is 0 Å². The van der Waals surface area contributed by atoms with Gasteiger partial charge in [0.05, 0.1) is 19.8 Å². The number of nitrogens with two attached hydrogens (primary N) is 1. The average Bonchev–Trinajstić information content (AvgIpc) is 2.48. The summed E-state index contributed by atoms with van der Waals surface area (Å²) in [6, 6.07) is 6.50. The first-order valence-corrected chi connectivity index (χ1v) is 7.13. The number of rotatable bonds is 6. The zero-order valence-corrected chi connectivity index (χ0v) is 11.7. The number of aryl methyl sites for hydroxylation is 1. The summed E-state index contributed by atoms with van der Waals surface area (Å²) in [4.78, 5) is 2.35. The Bertz CT molecular complexity index is 390. The molecule has 0 spiro atoms. The van der Waals surface area contributed by atoms with Crippen molar-refractivity contribution in [1.29, 1.82) is 0 Å². The van der Waals surface area contributed by atoms with E-state index in [0.717, 1.165) is 44.9 Å². The fourth-order valence-electron chi connectivity index (χ4n) is 2.25. The zero-order valence-electron chi connectivity index (χ0n) is 11.7. The van der Waals surface area contributed by atoms with E-state index in [1.807, 2.05) is 0 Å². The first kappa shape index (κ1) is 14.2. The number of benzene rings is 1. The minimum atomic E-state index is 0.671. The van der Waals surface area contributed by atoms with Crippen LogP contribution in [0, 0.1) is 0 Å². The lowest BCUT2D eigenvalue weighted by molar-refractivity contribution is 0.122. The quantitative estimate of drug-likeness (QED) is 0.796. The molecule has 1 aromatic carbocycles. The van der Waals surface area contributed by atoms with Crippen LogP contribution >= 0.6 is 0 Å². The van der Waals surface area contributed by atoms with Gasteiger partial charge in [-0.3, -0.25) is 0 Å². The fourth-order valence-corrected chi connectivity index (χ4v) is 2.25. The van der Waals surface area contributed by atoms with Crippen LogP contribution in [0.25, 0.3) is 0 Å². The molecule has 4 nitrogen and oxygen atoms in total. The summed E-state index contributed by atoms with van der Waals surface area (Å²) in [6.45, 7) is 7.03. The number of nitrogens with zero attached hydrogens (tertiary/aromatic N) is 1. The molecule has 4 heteroatoms. The summed E-state index contributed by atoms with van der Waals surface area (Å²) < 4.78 is 11.3. The predicted octanol–water partition coefficient (Wildman–Crippen LogP) is 1.81. The number of hydrogen-bond donors (Lipinski definition) is 1. The van der Waals surface area contributed by atoms with Crippen LogP contribution in [0.5, 0.6) is 5.75 Å². The number of ether oxygens (including phenoxy) is 2. The lowest BCUT2D eigenvalue weighted by Crippen LogP contribution is -2.36. The molecule has 1 aliphatic rings. The Hall–Kier alpha value is -1.26. The molecule has 0 aliphatic carbocycles. The van der Waals surface area contributed by atoms with E-state index in [1.54, 1.807) is 0 Å². The summed E-state index contributed by atoms with van der Waals surface area (Å²) in [6.07, 6.45) is 1.88. The van der Waals surface area contributed by atoms with Gasteiger partial charge in [0, 0.05) is 24.8 Å². The highest BCUT2D eigenvalue weighted by atomic mass is 16.5. The Morgan fingerprint density at radius 1 is 1.32 bits per heavy atom. The lowest BCUT2D eigenvalue weighted by Gasteiger charge is -2.29. The normalized spacial score (nSPS) is 15.6. The number of morpholine rings is 1. The van der Waals surface area contributed by atoms with Crippen LogP contribution < -0.4 is 15.4 Å². The van der Waals surface area contributed by atoms with Crippen molar-refractivity contribution in [2.45, 2.75) is 19.8 Å². The molecule has 2 rings (SSSR count). The molecule has 2 N–H and O–H groups in total. The average molecular weight is 264 g/mol. The standard InChI is InChI=1S/C15H24N2O2/c1-2-13-4-5-14(17-7-10-18-11-8-17)12-15(13)19-9-3-6-16/h4-5,12H,2-3,6-11,16H2,1H3. The van der Waals surface area contributed by atoms with Crippen LogP contribution in [0.1, 0.15) is 18.9 Å². The summed E-state index contributed by atoms with van der Waals surface area (Å²) in [5, 5.41) is 0. The Morgan fingerprint density at radius 3 is 2.79 bits per heavy atom. The van der Waals surface area contributed by atoms with Gasteiger partial charge in [0.1, 0.15) is 5.75 Å². The molecule has 1 aromatic rings. The molecular weight excluding hydrogens is 240 g/mol. The first-order valence-electron chi connectivity index (χ1n) is 7.13. The third-order valence-electron chi connectivity index (χ3n) is 3.41. The molecule has 0 atom stereocenters. The van der Waals surface area contributed by atoms with E-state index in [-0.39, 0.29) is 0 Å². The van der Waals surface area contributed by atoms with E-state index < -0.39 is 0 Å². The highest BCUT2D eigenvalue weighted by molar-refractivity contribution is 5.54. The molecule has 1 fully saturated rings. The predicted molar refractivity (Wildman–Crippen MR) is 78.0 cm³/mol. The van der Waals surface area contributed by atoms with Crippen LogP contribution in [0.4, 0.5) is 5.69 Å². The summed E-state index contributed by atoms with van der Waals surface area (Å²) in [7, 11) is 0. The van der Waals surface area contributed by atoms with Gasteiger partial charge in [-0.05, 0) is 31.0 Å². The van der Waals surface area contributed by atoms with Crippen LogP contribution in [-0.2, 0) is 11.2 Å². The second kappa shape index (κ2) is 7.36. The van der Waals surface area contributed by atoms with Crippen LogP contribution in [0.15, 0.2) is 18.2 Å². The van der Waals surface area contributed by atoms with Crippen molar-refractivity contribution >= 4 is 5.69 Å². The van der Waals surface area contributed by atoms with Crippen molar-refractivity contribution in [3.63, 3.8) is 0 Å². The van der Waals surface area contributed by atoms with Crippen LogP contribution in [-0.4, -0.2) is 39.5 Å². The van der Waals surface area contributed by atoms with E-state index in [1.165, 1.54) is 11.3 Å². The fraction of sp³-hybridized carbons (Fsp3) is 0.600. The van der Waals surface area contributed by atoms with E-state index in [0.29, 0.717) is 13.2 Å². The van der Waals surface area contributed by atoms with Crippen molar-refractivity contribution < 1.29 is 9.47 Å². The molecule has 0 amide bonds. The second-order valence-electron chi connectivity index (χ2n) is 4.74. The Kier molecular flexibility index (Phi) is 5.48. The minimum absolute atomic E-state index is 0.671. The zero-order chi connectivity index (χ0) is 13.5. The van der Waals surface area contributed by atoms with Crippen molar-refractivity contribution in [2.24, 2.45) is 5.73 Å². The van der Waals surface area contributed by atoms with Crippen LogP contribution in [0.2, 0.25) is 0 Å². The minimum Gasteiger partial charge on any atom is -0.493 e. The van der Waals surface area contributed by atoms with Crippen molar-refractivity contribution in [1.82, 2.24) is 0 Å². The van der Waals surface area contributed by atoms with Crippen LogP contribution in [0.3, 0.4) is 0 Å². The molecule has 0 bridgehead atoms. The maximum atomic E-state index is 5.86. The highest BCUT2D eigenvalue weighted by Crippen LogP contribution is 2.27. The molecule has 0 aromatic heterocycles. The molecule has 0 saturated carbocycles. The highest BCUT2D eigenvalue weighted by Gasteiger charge is 2.13.